The molecule has 11 heavy (non-hydrogen) atoms. The van der Waals surface area contributed by atoms with E-state index in [4.69, 9.17) is 35.0 Å². The first kappa shape index (κ1) is 17.4. The van der Waals surface area contributed by atoms with Crippen molar-refractivity contribution < 1.29 is 35.0 Å². The Labute approximate surface area is 73.2 Å². The molecule has 0 spiro atoms. The van der Waals surface area contributed by atoms with Crippen LogP contribution >= 0.6 is 0 Å². The maximum atomic E-state index is 8.52. The summed E-state index contributed by atoms with van der Waals surface area (Å²) in [5.41, 5.74) is 0. The van der Waals surface area contributed by atoms with Crippen LogP contribution in [0.1, 0.15) is 0 Å². The van der Waals surface area contributed by atoms with E-state index in [9.17, 15) is 0 Å². The van der Waals surface area contributed by atoms with E-state index in [0.717, 1.165) is 0 Å². The molecule has 0 aliphatic heterocycles. The van der Waals surface area contributed by atoms with Crippen LogP contribution in [0.25, 0.3) is 0 Å². The van der Waals surface area contributed by atoms with Gasteiger partial charge in [0.05, 0.1) is 0 Å². The smallest absolute Gasteiger partial charge is 0.759 e. The van der Waals surface area contributed by atoms with E-state index in [0.29, 0.717) is 0 Å². The SMILES string of the molecule is O=S(=O)([O-])[O-].O=S(=O)([O-])[O-].[Se+4]. The molecule has 11 heteroatoms. The zero-order valence-electron chi connectivity index (χ0n) is 4.49. The molecule has 0 saturated carbocycles. The molecule has 0 atom stereocenters. The van der Waals surface area contributed by atoms with E-state index in [-0.39, 0.29) is 17.1 Å². The molecule has 0 heterocycles. The van der Waals surface area contributed by atoms with Gasteiger partial charge in [-0.15, -0.1) is 0 Å². The first-order valence-electron chi connectivity index (χ1n) is 1.33. The average molecular weight is 271 g/mol. The summed E-state index contributed by atoms with van der Waals surface area (Å²) < 4.78 is 68.2. The molecule has 0 N–H and O–H groups in total. The monoisotopic (exact) mass is 272 g/mol. The van der Waals surface area contributed by atoms with Gasteiger partial charge in [0.25, 0.3) is 0 Å². The summed E-state index contributed by atoms with van der Waals surface area (Å²) in [5, 5.41) is 0. The predicted molar refractivity (Wildman–Crippen MR) is 26.7 cm³/mol. The maximum Gasteiger partial charge on any atom is 4.00 e. The van der Waals surface area contributed by atoms with Crippen molar-refractivity contribution in [2.45, 2.75) is 0 Å². The Kier molecular flexibility index (Phi) is 9.24. The van der Waals surface area contributed by atoms with E-state index in [1.807, 2.05) is 0 Å². The Balaban J connectivity index is -0.000000107. The van der Waals surface area contributed by atoms with E-state index in [2.05, 4.69) is 0 Å². The van der Waals surface area contributed by atoms with Crippen molar-refractivity contribution in [3.8, 4) is 0 Å². The molecule has 0 bridgehead atoms. The average Bonchev–Trinajstić information content (AvgIpc) is 1.12. The van der Waals surface area contributed by atoms with E-state index in [1.54, 1.807) is 0 Å². The van der Waals surface area contributed by atoms with Crippen LogP contribution in [0.3, 0.4) is 0 Å². The van der Waals surface area contributed by atoms with Crippen LogP contribution in [0.15, 0.2) is 0 Å². The standard InChI is InChI=1S/2H2O4S.Se/c2*1-5(2,3)4;/h2*(H2,1,2,3,4);/q;;+4/p-4. The molecule has 0 rings (SSSR count). The third-order valence-electron chi connectivity index (χ3n) is 0. The van der Waals surface area contributed by atoms with Crippen molar-refractivity contribution in [3.05, 3.63) is 0 Å². The molecule has 0 aromatic carbocycles. The molecule has 0 aliphatic carbocycles. The normalized spacial score (nSPS) is 10.5. The van der Waals surface area contributed by atoms with E-state index in [1.165, 1.54) is 0 Å². The van der Waals surface area contributed by atoms with Crippen molar-refractivity contribution in [1.29, 1.82) is 0 Å². The van der Waals surface area contributed by atoms with Crippen LogP contribution in [0, 0.1) is 0 Å². The van der Waals surface area contributed by atoms with Gasteiger partial charge in [-0.25, -0.2) is 0 Å². The fourth-order valence-corrected chi connectivity index (χ4v) is 0. The van der Waals surface area contributed by atoms with Crippen molar-refractivity contribution in [1.82, 2.24) is 0 Å². The van der Waals surface area contributed by atoms with E-state index >= 15 is 0 Å². The summed E-state index contributed by atoms with van der Waals surface area (Å²) in [6.07, 6.45) is 0. The van der Waals surface area contributed by atoms with Gasteiger partial charge in [0.15, 0.2) is 0 Å². The van der Waals surface area contributed by atoms with Gasteiger partial charge < -0.3 is 18.2 Å². The van der Waals surface area contributed by atoms with Crippen LogP contribution in [-0.4, -0.2) is 52.1 Å². The second-order valence-corrected chi connectivity index (χ2v) is 2.45. The fraction of sp³-hybridized carbons (Fsp3) is 0. The zero-order valence-corrected chi connectivity index (χ0v) is 7.84. The van der Waals surface area contributed by atoms with Crippen LogP contribution in [0.5, 0.6) is 0 Å². The Hall–Kier alpha value is 0.259. The van der Waals surface area contributed by atoms with E-state index < -0.39 is 20.8 Å². The summed E-state index contributed by atoms with van der Waals surface area (Å²) in [5.74, 6) is 0. The topological polar surface area (TPSA) is 161 Å². The van der Waals surface area contributed by atoms with Crippen molar-refractivity contribution in [2.75, 3.05) is 0 Å². The van der Waals surface area contributed by atoms with Crippen LogP contribution in [0.4, 0.5) is 0 Å². The van der Waals surface area contributed by atoms with Crippen molar-refractivity contribution in [3.63, 3.8) is 0 Å². The molecule has 0 fully saturated rings. The Bertz CT molecular complexity index is 208. The summed E-state index contributed by atoms with van der Waals surface area (Å²) in [6.45, 7) is 0. The maximum absolute atomic E-state index is 8.52. The molecule has 0 aromatic rings. The van der Waals surface area contributed by atoms with Crippen LogP contribution < -0.4 is 0 Å². The molecular weight excluding hydrogens is 271 g/mol. The summed E-state index contributed by atoms with van der Waals surface area (Å²) in [7, 11) is -10.3. The summed E-state index contributed by atoms with van der Waals surface area (Å²) in [6, 6.07) is 0. The van der Waals surface area contributed by atoms with Crippen molar-refractivity contribution in [2.24, 2.45) is 0 Å². The first-order chi connectivity index (χ1) is 4.00. The zero-order chi connectivity index (χ0) is 9.00. The van der Waals surface area contributed by atoms with Gasteiger partial charge in [0.2, 0.25) is 0 Å². The van der Waals surface area contributed by atoms with Crippen molar-refractivity contribution >= 4 is 37.9 Å². The largest absolute Gasteiger partial charge is 4.00 e. The van der Waals surface area contributed by atoms with Gasteiger partial charge in [0, 0.05) is 20.8 Å². The quantitative estimate of drug-likeness (QED) is 0.255. The molecule has 0 saturated heterocycles. The van der Waals surface area contributed by atoms with Crippen LogP contribution in [-0.2, 0) is 20.8 Å². The molecule has 0 amide bonds. The van der Waals surface area contributed by atoms with Gasteiger partial charge in [-0.05, 0) is 0 Å². The second-order valence-electron chi connectivity index (χ2n) is 0.816. The second kappa shape index (κ2) is 5.85. The molecule has 0 unspecified atom stereocenters. The summed E-state index contributed by atoms with van der Waals surface area (Å²) in [4.78, 5) is 0. The minimum Gasteiger partial charge on any atom is -0.759 e. The van der Waals surface area contributed by atoms with Gasteiger partial charge in [-0.2, -0.15) is 0 Å². The molecule has 0 aliphatic rings. The molecular formula is O8S2Se. The third-order valence-corrected chi connectivity index (χ3v) is 0. The van der Waals surface area contributed by atoms with Gasteiger partial charge in [-0.3, -0.25) is 16.8 Å². The third kappa shape index (κ3) is 10400. The van der Waals surface area contributed by atoms with Gasteiger partial charge in [-0.1, -0.05) is 0 Å². The minimum absolute atomic E-state index is 0. The van der Waals surface area contributed by atoms with Gasteiger partial charge >= 0.3 is 17.1 Å². The van der Waals surface area contributed by atoms with Gasteiger partial charge in [0.1, 0.15) is 0 Å². The number of rotatable bonds is 0. The number of hydrogen-bond acceptors (Lipinski definition) is 8. The first-order valence-corrected chi connectivity index (χ1v) is 4.00. The van der Waals surface area contributed by atoms with Crippen LogP contribution in [0.2, 0.25) is 0 Å². The summed E-state index contributed by atoms with van der Waals surface area (Å²) >= 11 is 0. The Morgan fingerprint density at radius 1 is 0.636 bits per heavy atom. The molecule has 8 nitrogen and oxygen atoms in total. The predicted octanol–water partition coefficient (Wildman–Crippen LogP) is -3.06. The number of hydrogen-bond donors (Lipinski definition) is 0. The molecule has 0 aromatic heterocycles. The Morgan fingerprint density at radius 2 is 0.636 bits per heavy atom. The fourth-order valence-electron chi connectivity index (χ4n) is 0. The Morgan fingerprint density at radius 3 is 0.636 bits per heavy atom. The molecule has 66 valence electrons. The molecule has 2 radical (unpaired) electrons. The minimum atomic E-state index is -5.17.